The average Bonchev–Trinajstić information content (AvgIpc) is 2.98. The molecule has 0 fully saturated rings. The largest absolute Gasteiger partial charge is 0.319 e. The fourth-order valence-corrected chi connectivity index (χ4v) is 4.17. The first kappa shape index (κ1) is 20.1. The SMILES string of the molecule is Cc1nc(Cc2ccc(F)cc2)sc1C(=O)Nc1cc(S(C)(=O)=O)ccc1F. The van der Waals surface area contributed by atoms with Crippen molar-refractivity contribution in [1.82, 2.24) is 4.98 Å². The topological polar surface area (TPSA) is 76.1 Å². The lowest BCUT2D eigenvalue weighted by atomic mass is 10.1. The molecule has 3 rings (SSSR count). The van der Waals surface area contributed by atoms with E-state index in [1.54, 1.807) is 19.1 Å². The highest BCUT2D eigenvalue weighted by molar-refractivity contribution is 7.90. The van der Waals surface area contributed by atoms with E-state index in [1.807, 2.05) is 0 Å². The monoisotopic (exact) mass is 422 g/mol. The van der Waals surface area contributed by atoms with Crippen molar-refractivity contribution in [2.45, 2.75) is 18.2 Å². The summed E-state index contributed by atoms with van der Waals surface area (Å²) in [5.41, 5.74) is 1.09. The van der Waals surface area contributed by atoms with Crippen LogP contribution in [0.25, 0.3) is 0 Å². The summed E-state index contributed by atoms with van der Waals surface area (Å²) in [4.78, 5) is 17.1. The normalized spacial score (nSPS) is 11.4. The summed E-state index contributed by atoms with van der Waals surface area (Å²) in [5, 5.41) is 3.06. The number of sulfone groups is 1. The molecule has 0 radical (unpaired) electrons. The molecular weight excluding hydrogens is 406 g/mol. The second-order valence-electron chi connectivity index (χ2n) is 6.19. The summed E-state index contributed by atoms with van der Waals surface area (Å²) >= 11 is 1.14. The molecule has 1 N–H and O–H groups in total. The number of amides is 1. The van der Waals surface area contributed by atoms with Gasteiger partial charge in [-0.1, -0.05) is 12.1 Å². The van der Waals surface area contributed by atoms with Gasteiger partial charge in [0.15, 0.2) is 9.84 Å². The van der Waals surface area contributed by atoms with Crippen molar-refractivity contribution in [3.63, 3.8) is 0 Å². The number of carbonyl (C=O) groups is 1. The van der Waals surface area contributed by atoms with Crippen LogP contribution in [0.2, 0.25) is 0 Å². The van der Waals surface area contributed by atoms with E-state index in [1.165, 1.54) is 12.1 Å². The van der Waals surface area contributed by atoms with Crippen LogP contribution >= 0.6 is 11.3 Å². The van der Waals surface area contributed by atoms with E-state index in [9.17, 15) is 22.0 Å². The predicted octanol–water partition coefficient (Wildman–Crippen LogP) is 3.98. The Morgan fingerprint density at radius 2 is 1.82 bits per heavy atom. The number of carbonyl (C=O) groups excluding carboxylic acids is 1. The van der Waals surface area contributed by atoms with E-state index in [0.29, 0.717) is 22.0 Å². The first-order chi connectivity index (χ1) is 13.1. The minimum absolute atomic E-state index is 0.0952. The quantitative estimate of drug-likeness (QED) is 0.631. The molecule has 0 spiro atoms. The lowest BCUT2D eigenvalue weighted by Gasteiger charge is -2.07. The Balaban J connectivity index is 1.82. The van der Waals surface area contributed by atoms with E-state index in [-0.39, 0.29) is 16.4 Å². The van der Waals surface area contributed by atoms with Gasteiger partial charge in [0.2, 0.25) is 0 Å². The highest BCUT2D eigenvalue weighted by Gasteiger charge is 2.18. The minimum Gasteiger partial charge on any atom is -0.319 e. The van der Waals surface area contributed by atoms with Gasteiger partial charge in [-0.3, -0.25) is 4.79 Å². The molecule has 2 aromatic carbocycles. The molecule has 9 heteroatoms. The third-order valence-corrected chi connectivity index (χ3v) is 6.20. The number of thiazole rings is 1. The summed E-state index contributed by atoms with van der Waals surface area (Å²) < 4.78 is 50.3. The van der Waals surface area contributed by atoms with Crippen LogP contribution in [-0.4, -0.2) is 25.6 Å². The van der Waals surface area contributed by atoms with Gasteiger partial charge < -0.3 is 5.32 Å². The molecule has 5 nitrogen and oxygen atoms in total. The minimum atomic E-state index is -3.54. The Hall–Kier alpha value is -2.65. The molecular formula is C19H16F2N2O3S2. The van der Waals surface area contributed by atoms with Crippen LogP contribution in [0.1, 0.15) is 25.9 Å². The first-order valence-electron chi connectivity index (χ1n) is 8.15. The van der Waals surface area contributed by atoms with E-state index in [2.05, 4.69) is 10.3 Å². The number of anilines is 1. The van der Waals surface area contributed by atoms with Crippen molar-refractivity contribution in [3.05, 3.63) is 75.2 Å². The molecule has 3 aromatic rings. The summed E-state index contributed by atoms with van der Waals surface area (Å²) in [6, 6.07) is 9.18. The van der Waals surface area contributed by atoms with Crippen LogP contribution in [0.15, 0.2) is 47.4 Å². The molecule has 0 bridgehead atoms. The van der Waals surface area contributed by atoms with E-state index >= 15 is 0 Å². The van der Waals surface area contributed by atoms with Gasteiger partial charge in [0.25, 0.3) is 5.91 Å². The molecule has 0 atom stereocenters. The van der Waals surface area contributed by atoms with Gasteiger partial charge >= 0.3 is 0 Å². The standard InChI is InChI=1S/C19H16F2N2O3S2/c1-11-18(27-17(22-11)9-12-3-5-13(20)6-4-12)19(24)23-16-10-14(28(2,25)26)7-8-15(16)21/h3-8,10H,9H2,1-2H3,(H,23,24). The summed E-state index contributed by atoms with van der Waals surface area (Å²) in [6.45, 7) is 1.66. The van der Waals surface area contributed by atoms with E-state index in [4.69, 9.17) is 0 Å². The van der Waals surface area contributed by atoms with Crippen molar-refractivity contribution >= 4 is 32.8 Å². The zero-order valence-electron chi connectivity index (χ0n) is 15.0. The molecule has 1 aromatic heterocycles. The maximum atomic E-state index is 14.0. The third kappa shape index (κ3) is 4.60. The molecule has 1 amide bonds. The average molecular weight is 422 g/mol. The highest BCUT2D eigenvalue weighted by Crippen LogP contribution is 2.24. The van der Waals surface area contributed by atoms with Crippen LogP contribution in [0, 0.1) is 18.6 Å². The number of benzene rings is 2. The molecule has 0 unspecified atom stereocenters. The van der Waals surface area contributed by atoms with Crippen molar-refractivity contribution < 1.29 is 22.0 Å². The van der Waals surface area contributed by atoms with Gasteiger partial charge in [-0.2, -0.15) is 0 Å². The number of hydrogen-bond acceptors (Lipinski definition) is 5. The van der Waals surface area contributed by atoms with Crippen LogP contribution in [-0.2, 0) is 16.3 Å². The summed E-state index contributed by atoms with van der Waals surface area (Å²) in [7, 11) is -3.54. The number of nitrogens with zero attached hydrogens (tertiary/aromatic N) is 1. The fourth-order valence-electron chi connectivity index (χ4n) is 2.53. The molecule has 0 aliphatic heterocycles. The van der Waals surface area contributed by atoms with Gasteiger partial charge in [0, 0.05) is 12.7 Å². The predicted molar refractivity (Wildman–Crippen MR) is 104 cm³/mol. The number of halogens is 2. The van der Waals surface area contributed by atoms with Crippen LogP contribution in [0.3, 0.4) is 0 Å². The fraction of sp³-hybridized carbons (Fsp3) is 0.158. The number of aromatic nitrogens is 1. The number of hydrogen-bond donors (Lipinski definition) is 1. The van der Waals surface area contributed by atoms with Crippen LogP contribution in [0.5, 0.6) is 0 Å². The molecule has 1 heterocycles. The number of rotatable bonds is 5. The molecule has 0 saturated heterocycles. The zero-order chi connectivity index (χ0) is 20.5. The van der Waals surface area contributed by atoms with E-state index in [0.717, 1.165) is 41.4 Å². The lowest BCUT2D eigenvalue weighted by molar-refractivity contribution is 0.102. The van der Waals surface area contributed by atoms with Gasteiger partial charge in [0.1, 0.15) is 16.5 Å². The second-order valence-corrected chi connectivity index (χ2v) is 9.29. The van der Waals surface area contributed by atoms with Crippen molar-refractivity contribution in [2.75, 3.05) is 11.6 Å². The number of nitrogens with one attached hydrogen (secondary N) is 1. The maximum Gasteiger partial charge on any atom is 0.267 e. The van der Waals surface area contributed by atoms with Crippen molar-refractivity contribution in [2.24, 2.45) is 0 Å². The Bertz CT molecular complexity index is 1140. The van der Waals surface area contributed by atoms with Crippen molar-refractivity contribution in [1.29, 1.82) is 0 Å². The maximum absolute atomic E-state index is 14.0. The number of aryl methyl sites for hydroxylation is 1. The first-order valence-corrected chi connectivity index (χ1v) is 10.9. The van der Waals surface area contributed by atoms with Gasteiger partial charge in [-0.25, -0.2) is 22.2 Å². The molecule has 146 valence electrons. The highest BCUT2D eigenvalue weighted by atomic mass is 32.2. The molecule has 0 saturated carbocycles. The van der Waals surface area contributed by atoms with Crippen molar-refractivity contribution in [3.8, 4) is 0 Å². The Labute approximate surface area is 165 Å². The Morgan fingerprint density at radius 3 is 2.46 bits per heavy atom. The van der Waals surface area contributed by atoms with Gasteiger partial charge in [-0.05, 0) is 42.8 Å². The van der Waals surface area contributed by atoms with Crippen LogP contribution in [0.4, 0.5) is 14.5 Å². The zero-order valence-corrected chi connectivity index (χ0v) is 16.6. The van der Waals surface area contributed by atoms with Gasteiger partial charge in [-0.15, -0.1) is 11.3 Å². The molecule has 0 aliphatic carbocycles. The Morgan fingerprint density at radius 1 is 1.14 bits per heavy atom. The molecule has 0 aliphatic rings. The summed E-state index contributed by atoms with van der Waals surface area (Å²) in [5.74, 6) is -1.66. The lowest BCUT2D eigenvalue weighted by Crippen LogP contribution is -2.13. The van der Waals surface area contributed by atoms with E-state index < -0.39 is 21.6 Å². The second kappa shape index (κ2) is 7.76. The van der Waals surface area contributed by atoms with Gasteiger partial charge in [0.05, 0.1) is 21.3 Å². The summed E-state index contributed by atoms with van der Waals surface area (Å²) in [6.07, 6.45) is 1.43. The third-order valence-electron chi connectivity index (χ3n) is 3.93. The molecule has 28 heavy (non-hydrogen) atoms. The smallest absolute Gasteiger partial charge is 0.267 e. The Kier molecular flexibility index (Phi) is 5.57. The van der Waals surface area contributed by atoms with Crippen LogP contribution < -0.4 is 5.32 Å².